The second kappa shape index (κ2) is 6.71. The minimum absolute atomic E-state index is 0.0150. The summed E-state index contributed by atoms with van der Waals surface area (Å²) >= 11 is 0. The molecule has 0 aromatic heterocycles. The van der Waals surface area contributed by atoms with Crippen LogP contribution < -0.4 is 4.72 Å². The summed E-state index contributed by atoms with van der Waals surface area (Å²) < 4.78 is 53.3. The van der Waals surface area contributed by atoms with Gasteiger partial charge in [-0.15, -0.1) is 0 Å². The highest BCUT2D eigenvalue weighted by atomic mass is 32.2. The maximum Gasteiger partial charge on any atom is 0.261 e. The first kappa shape index (κ1) is 18.4. The van der Waals surface area contributed by atoms with Gasteiger partial charge in [0.15, 0.2) is 0 Å². The van der Waals surface area contributed by atoms with Crippen molar-refractivity contribution >= 4 is 36.5 Å². The Kier molecular flexibility index (Phi) is 4.74. The van der Waals surface area contributed by atoms with Crippen LogP contribution in [0.4, 0.5) is 5.69 Å². The highest BCUT2D eigenvalue weighted by Gasteiger charge is 2.19. The summed E-state index contributed by atoms with van der Waals surface area (Å²) in [4.78, 5) is 0.123. The lowest BCUT2D eigenvalue weighted by molar-refractivity contribution is 0.521. The zero-order chi connectivity index (χ0) is 18.9. The first-order chi connectivity index (χ1) is 12.2. The maximum atomic E-state index is 12.7. The van der Waals surface area contributed by atoms with Gasteiger partial charge in [0.25, 0.3) is 10.0 Å². The number of fused-ring (bicyclic) bond motifs is 1. The molecule has 0 saturated carbocycles. The third-order valence-electron chi connectivity index (χ3n) is 3.90. The van der Waals surface area contributed by atoms with Crippen molar-refractivity contribution in [3.05, 3.63) is 66.7 Å². The number of hydrogen-bond donors (Lipinski definition) is 1. The van der Waals surface area contributed by atoms with E-state index in [0.29, 0.717) is 0 Å². The second-order valence-electron chi connectivity index (χ2n) is 5.93. The molecular weight excluding hydrogens is 372 g/mol. The van der Waals surface area contributed by atoms with E-state index in [0.717, 1.165) is 15.1 Å². The van der Waals surface area contributed by atoms with E-state index in [1.165, 1.54) is 44.4 Å². The molecule has 8 heteroatoms. The Morgan fingerprint density at radius 3 is 2.12 bits per heavy atom. The predicted octanol–water partition coefficient (Wildman–Crippen LogP) is 2.89. The Hall–Kier alpha value is -2.42. The Morgan fingerprint density at radius 2 is 1.42 bits per heavy atom. The number of nitrogens with one attached hydrogen (secondary N) is 1. The second-order valence-corrected chi connectivity index (χ2v) is 9.76. The number of sulfonamides is 2. The zero-order valence-electron chi connectivity index (χ0n) is 14.2. The zero-order valence-corrected chi connectivity index (χ0v) is 15.9. The minimum atomic E-state index is -3.85. The van der Waals surface area contributed by atoms with Gasteiger partial charge in [0, 0.05) is 14.1 Å². The fourth-order valence-corrected chi connectivity index (χ4v) is 4.51. The third kappa shape index (κ3) is 3.57. The van der Waals surface area contributed by atoms with E-state index in [4.69, 9.17) is 0 Å². The van der Waals surface area contributed by atoms with Crippen LogP contribution in [-0.4, -0.2) is 35.2 Å². The average Bonchev–Trinajstić information content (AvgIpc) is 2.61. The van der Waals surface area contributed by atoms with Crippen molar-refractivity contribution in [2.24, 2.45) is 0 Å². The van der Waals surface area contributed by atoms with E-state index in [9.17, 15) is 16.8 Å². The number of hydrogen-bond acceptors (Lipinski definition) is 4. The predicted molar refractivity (Wildman–Crippen MR) is 102 cm³/mol. The van der Waals surface area contributed by atoms with Crippen molar-refractivity contribution in [2.45, 2.75) is 9.79 Å². The van der Waals surface area contributed by atoms with E-state index < -0.39 is 20.0 Å². The topological polar surface area (TPSA) is 83.6 Å². The molecule has 0 heterocycles. The van der Waals surface area contributed by atoms with Gasteiger partial charge in [0.1, 0.15) is 0 Å². The lowest BCUT2D eigenvalue weighted by Crippen LogP contribution is -2.22. The number of rotatable bonds is 5. The highest BCUT2D eigenvalue weighted by molar-refractivity contribution is 7.92. The Labute approximate surface area is 153 Å². The molecule has 0 unspecified atom stereocenters. The maximum absolute atomic E-state index is 12.7. The number of nitrogens with zero attached hydrogens (tertiary/aromatic N) is 1. The fraction of sp³-hybridized carbons (Fsp3) is 0.111. The van der Waals surface area contributed by atoms with Crippen LogP contribution in [0.3, 0.4) is 0 Å². The van der Waals surface area contributed by atoms with Gasteiger partial charge < -0.3 is 0 Å². The van der Waals surface area contributed by atoms with Crippen molar-refractivity contribution in [3.8, 4) is 0 Å². The molecule has 0 spiro atoms. The van der Waals surface area contributed by atoms with Crippen LogP contribution in [-0.2, 0) is 20.0 Å². The average molecular weight is 390 g/mol. The highest BCUT2D eigenvalue weighted by Crippen LogP contribution is 2.23. The molecule has 0 fully saturated rings. The molecular formula is C18H18N2O4S2. The summed E-state index contributed by atoms with van der Waals surface area (Å²) in [6, 6.07) is 18.0. The van der Waals surface area contributed by atoms with Crippen molar-refractivity contribution in [1.82, 2.24) is 4.31 Å². The normalized spacial score (nSPS) is 12.4. The molecule has 0 bridgehead atoms. The minimum Gasteiger partial charge on any atom is -0.280 e. The quantitative estimate of drug-likeness (QED) is 0.726. The molecule has 0 aliphatic carbocycles. The van der Waals surface area contributed by atoms with Crippen LogP contribution in [0.1, 0.15) is 0 Å². The first-order valence-electron chi connectivity index (χ1n) is 7.74. The van der Waals surface area contributed by atoms with Gasteiger partial charge >= 0.3 is 0 Å². The van der Waals surface area contributed by atoms with Crippen LogP contribution in [0.25, 0.3) is 10.8 Å². The summed E-state index contributed by atoms with van der Waals surface area (Å²) in [7, 11) is -4.66. The molecule has 3 rings (SSSR count). The molecule has 0 amide bonds. The van der Waals surface area contributed by atoms with Crippen molar-refractivity contribution in [1.29, 1.82) is 0 Å². The molecule has 26 heavy (non-hydrogen) atoms. The van der Waals surface area contributed by atoms with Gasteiger partial charge in [-0.3, -0.25) is 4.72 Å². The van der Waals surface area contributed by atoms with Gasteiger partial charge in [-0.1, -0.05) is 36.4 Å². The van der Waals surface area contributed by atoms with E-state index in [-0.39, 0.29) is 15.5 Å². The number of anilines is 1. The van der Waals surface area contributed by atoms with Crippen LogP contribution in [0.5, 0.6) is 0 Å². The van der Waals surface area contributed by atoms with Gasteiger partial charge in [-0.05, 0) is 41.1 Å². The van der Waals surface area contributed by atoms with Gasteiger partial charge in [0.2, 0.25) is 10.0 Å². The lowest BCUT2D eigenvalue weighted by Gasteiger charge is -2.13. The van der Waals surface area contributed by atoms with Crippen molar-refractivity contribution in [3.63, 3.8) is 0 Å². The van der Waals surface area contributed by atoms with Gasteiger partial charge in [-0.2, -0.15) is 0 Å². The van der Waals surface area contributed by atoms with Crippen LogP contribution in [0.2, 0.25) is 0 Å². The molecule has 3 aromatic rings. The molecule has 1 N–H and O–H groups in total. The molecule has 0 aliphatic rings. The van der Waals surface area contributed by atoms with E-state index in [1.807, 2.05) is 24.3 Å². The summed E-state index contributed by atoms with van der Waals surface area (Å²) in [5.41, 5.74) is 0.182. The SMILES string of the molecule is CN(C)S(=O)(=O)c1cccc(NS(=O)(=O)c2ccc3ccccc3c2)c1. The standard InChI is InChI=1S/C18H18N2O4S2/c1-20(2)26(23,24)18-9-5-8-16(13-18)19-25(21,22)17-11-10-14-6-3-4-7-15(14)12-17/h3-13,19H,1-2H3. The Balaban J connectivity index is 1.97. The van der Waals surface area contributed by atoms with Crippen LogP contribution >= 0.6 is 0 Å². The summed E-state index contributed by atoms with van der Waals surface area (Å²) in [5.74, 6) is 0. The monoisotopic (exact) mass is 390 g/mol. The summed E-state index contributed by atoms with van der Waals surface area (Å²) in [5, 5.41) is 1.74. The molecule has 3 aromatic carbocycles. The molecule has 0 saturated heterocycles. The Bertz CT molecular complexity index is 1170. The molecule has 6 nitrogen and oxygen atoms in total. The van der Waals surface area contributed by atoms with E-state index >= 15 is 0 Å². The molecule has 0 radical (unpaired) electrons. The lowest BCUT2D eigenvalue weighted by atomic mass is 10.1. The first-order valence-corrected chi connectivity index (χ1v) is 10.7. The fourth-order valence-electron chi connectivity index (χ4n) is 2.48. The smallest absolute Gasteiger partial charge is 0.261 e. The van der Waals surface area contributed by atoms with E-state index in [2.05, 4.69) is 4.72 Å². The summed E-state index contributed by atoms with van der Waals surface area (Å²) in [6.07, 6.45) is 0. The van der Waals surface area contributed by atoms with Crippen LogP contribution in [0, 0.1) is 0 Å². The molecule has 0 atom stereocenters. The van der Waals surface area contributed by atoms with Crippen LogP contribution in [0.15, 0.2) is 76.5 Å². The van der Waals surface area contributed by atoms with Gasteiger partial charge in [0.05, 0.1) is 15.5 Å². The van der Waals surface area contributed by atoms with Crippen molar-refractivity contribution < 1.29 is 16.8 Å². The third-order valence-corrected chi connectivity index (χ3v) is 7.09. The number of benzene rings is 3. The molecule has 136 valence electrons. The summed E-state index contributed by atoms with van der Waals surface area (Å²) in [6.45, 7) is 0. The van der Waals surface area contributed by atoms with Gasteiger partial charge in [-0.25, -0.2) is 21.1 Å². The largest absolute Gasteiger partial charge is 0.280 e. The molecule has 0 aliphatic heterocycles. The van der Waals surface area contributed by atoms with Crippen molar-refractivity contribution in [2.75, 3.05) is 18.8 Å². The Morgan fingerprint density at radius 1 is 0.731 bits per heavy atom. The van der Waals surface area contributed by atoms with E-state index in [1.54, 1.807) is 12.1 Å².